The second kappa shape index (κ2) is 7.31. The molecule has 1 aromatic carbocycles. The lowest BCUT2D eigenvalue weighted by Gasteiger charge is -2.13. The van der Waals surface area contributed by atoms with Crippen LogP contribution in [0, 0.1) is 0 Å². The molecular formula is C14H16O5S. The van der Waals surface area contributed by atoms with Gasteiger partial charge in [0.15, 0.2) is 0 Å². The van der Waals surface area contributed by atoms with E-state index in [2.05, 4.69) is 0 Å². The molecule has 1 heterocycles. The summed E-state index contributed by atoms with van der Waals surface area (Å²) in [5.41, 5.74) is 0.210. The maximum Gasteiger partial charge on any atom is 0.338 e. The van der Waals surface area contributed by atoms with E-state index >= 15 is 0 Å². The molecular weight excluding hydrogens is 280 g/mol. The Hall–Kier alpha value is -1.53. The first kappa shape index (κ1) is 14.9. The molecule has 1 aliphatic rings. The Morgan fingerprint density at radius 1 is 1.35 bits per heavy atom. The Bertz CT molecular complexity index is 462. The van der Waals surface area contributed by atoms with Gasteiger partial charge in [-0.2, -0.15) is 0 Å². The zero-order valence-corrected chi connectivity index (χ0v) is 11.9. The van der Waals surface area contributed by atoms with Crippen LogP contribution in [0.4, 0.5) is 0 Å². The zero-order valence-electron chi connectivity index (χ0n) is 11.1. The minimum Gasteiger partial charge on any atom is -0.458 e. The number of hydrogen-bond donors (Lipinski definition) is 0. The van der Waals surface area contributed by atoms with Crippen molar-refractivity contribution in [3.63, 3.8) is 0 Å². The van der Waals surface area contributed by atoms with Crippen LogP contribution in [0.25, 0.3) is 0 Å². The highest BCUT2D eigenvalue weighted by Crippen LogP contribution is 2.26. The standard InChI is InChI=1S/C14H16O5S/c1-2-11(15)18-12-9-20-13(19-12)8-17-14(16)10-6-4-3-5-7-10/h3-7,12-13H,2,8-9H2,1H3/t12-,13-/m0/s1. The van der Waals surface area contributed by atoms with E-state index in [1.807, 2.05) is 6.07 Å². The van der Waals surface area contributed by atoms with Crippen LogP contribution < -0.4 is 0 Å². The van der Waals surface area contributed by atoms with Crippen molar-refractivity contribution in [3.8, 4) is 0 Å². The third kappa shape index (κ3) is 4.25. The highest BCUT2D eigenvalue weighted by atomic mass is 32.2. The van der Waals surface area contributed by atoms with E-state index in [0.717, 1.165) is 0 Å². The number of benzene rings is 1. The number of rotatable bonds is 5. The Morgan fingerprint density at radius 3 is 2.80 bits per heavy atom. The molecule has 20 heavy (non-hydrogen) atoms. The van der Waals surface area contributed by atoms with Crippen LogP contribution in [0.5, 0.6) is 0 Å². The molecule has 0 saturated carbocycles. The fourth-order valence-electron chi connectivity index (χ4n) is 1.61. The minimum absolute atomic E-state index is 0.137. The zero-order chi connectivity index (χ0) is 14.4. The Balaban J connectivity index is 1.73. The molecule has 0 bridgehead atoms. The van der Waals surface area contributed by atoms with Gasteiger partial charge in [-0.15, -0.1) is 11.8 Å². The smallest absolute Gasteiger partial charge is 0.338 e. The summed E-state index contributed by atoms with van der Waals surface area (Å²) in [7, 11) is 0. The molecule has 2 rings (SSSR count). The number of carbonyl (C=O) groups excluding carboxylic acids is 2. The monoisotopic (exact) mass is 296 g/mol. The predicted octanol–water partition coefficient (Wildman–Crippen LogP) is 2.21. The van der Waals surface area contributed by atoms with Gasteiger partial charge in [-0.1, -0.05) is 25.1 Å². The molecule has 0 N–H and O–H groups in total. The largest absolute Gasteiger partial charge is 0.458 e. The Labute approximate surface area is 121 Å². The van der Waals surface area contributed by atoms with Crippen molar-refractivity contribution in [3.05, 3.63) is 35.9 Å². The molecule has 0 unspecified atom stereocenters. The topological polar surface area (TPSA) is 61.8 Å². The number of thioether (sulfide) groups is 1. The summed E-state index contributed by atoms with van der Waals surface area (Å²) in [5.74, 6) is -0.124. The molecule has 0 radical (unpaired) electrons. The second-order valence-corrected chi connectivity index (χ2v) is 5.33. The van der Waals surface area contributed by atoms with Crippen molar-refractivity contribution in [1.82, 2.24) is 0 Å². The molecule has 1 aliphatic heterocycles. The summed E-state index contributed by atoms with van der Waals surface area (Å²) in [4.78, 5) is 22.9. The minimum atomic E-state index is -0.548. The lowest BCUT2D eigenvalue weighted by molar-refractivity contribution is -0.174. The molecule has 0 aromatic heterocycles. The van der Waals surface area contributed by atoms with Gasteiger partial charge in [-0.3, -0.25) is 4.79 Å². The second-order valence-electron chi connectivity index (χ2n) is 4.14. The van der Waals surface area contributed by atoms with Gasteiger partial charge >= 0.3 is 11.9 Å². The van der Waals surface area contributed by atoms with Crippen LogP contribution in [-0.2, 0) is 19.0 Å². The number of ether oxygens (including phenoxy) is 3. The van der Waals surface area contributed by atoms with E-state index in [1.165, 1.54) is 11.8 Å². The van der Waals surface area contributed by atoms with Crippen LogP contribution in [0.3, 0.4) is 0 Å². The molecule has 108 valence electrons. The van der Waals surface area contributed by atoms with Gasteiger partial charge in [0.1, 0.15) is 12.0 Å². The predicted molar refractivity (Wildman–Crippen MR) is 74.2 cm³/mol. The van der Waals surface area contributed by atoms with Crippen LogP contribution in [0.2, 0.25) is 0 Å². The van der Waals surface area contributed by atoms with Crippen molar-refractivity contribution in [2.75, 3.05) is 12.4 Å². The fourth-order valence-corrected chi connectivity index (χ4v) is 2.50. The van der Waals surface area contributed by atoms with E-state index in [4.69, 9.17) is 14.2 Å². The van der Waals surface area contributed by atoms with Gasteiger partial charge < -0.3 is 14.2 Å². The van der Waals surface area contributed by atoms with Gasteiger partial charge in [0.05, 0.1) is 11.3 Å². The molecule has 0 spiro atoms. The molecule has 1 fully saturated rings. The van der Waals surface area contributed by atoms with Gasteiger partial charge in [0.2, 0.25) is 6.29 Å². The van der Waals surface area contributed by atoms with Crippen molar-refractivity contribution >= 4 is 23.7 Å². The first-order valence-corrected chi connectivity index (χ1v) is 7.42. The lowest BCUT2D eigenvalue weighted by atomic mass is 10.2. The maximum absolute atomic E-state index is 11.7. The molecule has 1 saturated heterocycles. The van der Waals surface area contributed by atoms with Gasteiger partial charge in [-0.25, -0.2) is 4.79 Å². The number of esters is 2. The summed E-state index contributed by atoms with van der Waals surface area (Å²) >= 11 is 1.46. The lowest BCUT2D eigenvalue weighted by Crippen LogP contribution is -2.22. The van der Waals surface area contributed by atoms with Crippen LogP contribution in [0.15, 0.2) is 30.3 Å². The summed E-state index contributed by atoms with van der Waals surface area (Å²) in [6.45, 7) is 1.86. The third-order valence-corrected chi connectivity index (χ3v) is 3.72. The van der Waals surface area contributed by atoms with Crippen LogP contribution in [-0.4, -0.2) is 36.0 Å². The van der Waals surface area contributed by atoms with Crippen LogP contribution in [0.1, 0.15) is 23.7 Å². The molecule has 6 heteroatoms. The average molecular weight is 296 g/mol. The Morgan fingerprint density at radius 2 is 2.10 bits per heavy atom. The first-order chi connectivity index (χ1) is 9.69. The molecule has 0 amide bonds. The number of carbonyl (C=O) groups is 2. The van der Waals surface area contributed by atoms with Gasteiger partial charge in [0.25, 0.3) is 0 Å². The molecule has 2 atom stereocenters. The van der Waals surface area contributed by atoms with Crippen molar-refractivity contribution in [1.29, 1.82) is 0 Å². The van der Waals surface area contributed by atoms with Crippen LogP contribution >= 0.6 is 11.8 Å². The van der Waals surface area contributed by atoms with E-state index in [-0.39, 0.29) is 24.0 Å². The summed E-state index contributed by atoms with van der Waals surface area (Å²) < 4.78 is 15.7. The third-order valence-electron chi connectivity index (χ3n) is 2.63. The maximum atomic E-state index is 11.7. The number of hydrogen-bond acceptors (Lipinski definition) is 6. The van der Waals surface area contributed by atoms with Crippen molar-refractivity contribution < 1.29 is 23.8 Å². The van der Waals surface area contributed by atoms with E-state index in [1.54, 1.807) is 31.2 Å². The quantitative estimate of drug-likeness (QED) is 0.776. The highest BCUT2D eigenvalue weighted by molar-refractivity contribution is 8.00. The SMILES string of the molecule is CCC(=O)O[C@@H]1CS[C@@H](COC(=O)c2ccccc2)O1. The fraction of sp³-hybridized carbons (Fsp3) is 0.429. The van der Waals surface area contributed by atoms with Crippen molar-refractivity contribution in [2.24, 2.45) is 0 Å². The highest BCUT2D eigenvalue weighted by Gasteiger charge is 2.29. The molecule has 5 nitrogen and oxygen atoms in total. The summed E-state index contributed by atoms with van der Waals surface area (Å²) in [6.07, 6.45) is -0.231. The van der Waals surface area contributed by atoms with E-state index < -0.39 is 6.29 Å². The van der Waals surface area contributed by atoms with Crippen molar-refractivity contribution in [2.45, 2.75) is 25.1 Å². The average Bonchev–Trinajstić information content (AvgIpc) is 2.93. The summed E-state index contributed by atoms with van der Waals surface area (Å²) in [5, 5.41) is 0. The Kier molecular flexibility index (Phi) is 5.43. The normalized spacial score (nSPS) is 21.4. The van der Waals surface area contributed by atoms with Gasteiger partial charge in [-0.05, 0) is 12.1 Å². The van der Waals surface area contributed by atoms with Gasteiger partial charge in [0, 0.05) is 6.42 Å². The molecule has 0 aliphatic carbocycles. The first-order valence-electron chi connectivity index (χ1n) is 6.37. The summed E-state index contributed by atoms with van der Waals surface area (Å²) in [6, 6.07) is 8.77. The molecule has 1 aromatic rings. The van der Waals surface area contributed by atoms with E-state index in [0.29, 0.717) is 17.7 Å². The van der Waals surface area contributed by atoms with E-state index in [9.17, 15) is 9.59 Å².